The Balaban J connectivity index is 2.45. The van der Waals surface area contributed by atoms with Crippen molar-refractivity contribution in [3.8, 4) is 5.75 Å². The number of nitrogens with zero attached hydrogens (tertiary/aromatic N) is 1. The SMILES string of the molecule is O=C(CCl)N1CCOc2cc(Cl)c(Cl)cc21. The van der Waals surface area contributed by atoms with E-state index in [4.69, 9.17) is 39.5 Å². The zero-order valence-corrected chi connectivity index (χ0v) is 10.4. The predicted molar refractivity (Wildman–Crippen MR) is 65.0 cm³/mol. The fourth-order valence-electron chi connectivity index (χ4n) is 1.54. The Hall–Kier alpha value is -0.640. The molecule has 86 valence electrons. The molecule has 0 radical (unpaired) electrons. The van der Waals surface area contributed by atoms with Gasteiger partial charge in [-0.1, -0.05) is 23.2 Å². The first kappa shape index (κ1) is 11.8. The molecule has 0 unspecified atom stereocenters. The quantitative estimate of drug-likeness (QED) is 0.740. The lowest BCUT2D eigenvalue weighted by molar-refractivity contribution is -0.116. The highest BCUT2D eigenvalue weighted by Gasteiger charge is 2.24. The molecule has 0 saturated carbocycles. The zero-order chi connectivity index (χ0) is 11.7. The lowest BCUT2D eigenvalue weighted by Crippen LogP contribution is -2.38. The van der Waals surface area contributed by atoms with Gasteiger partial charge in [0.05, 0.1) is 22.3 Å². The van der Waals surface area contributed by atoms with Crippen molar-refractivity contribution < 1.29 is 9.53 Å². The fraction of sp³-hybridized carbons (Fsp3) is 0.300. The molecule has 3 nitrogen and oxygen atoms in total. The van der Waals surface area contributed by atoms with Crippen LogP contribution in [0.15, 0.2) is 12.1 Å². The third kappa shape index (κ3) is 2.08. The van der Waals surface area contributed by atoms with Crippen molar-refractivity contribution in [3.63, 3.8) is 0 Å². The van der Waals surface area contributed by atoms with E-state index in [1.807, 2.05) is 0 Å². The van der Waals surface area contributed by atoms with Crippen molar-refractivity contribution in [2.24, 2.45) is 0 Å². The maximum absolute atomic E-state index is 11.6. The number of carbonyl (C=O) groups excluding carboxylic acids is 1. The number of anilines is 1. The van der Waals surface area contributed by atoms with Crippen LogP contribution in [0.5, 0.6) is 5.75 Å². The second kappa shape index (κ2) is 4.70. The van der Waals surface area contributed by atoms with Gasteiger partial charge < -0.3 is 9.64 Å². The summed E-state index contributed by atoms with van der Waals surface area (Å²) in [6.07, 6.45) is 0. The number of benzene rings is 1. The highest BCUT2D eigenvalue weighted by atomic mass is 35.5. The van der Waals surface area contributed by atoms with Gasteiger partial charge in [-0.25, -0.2) is 0 Å². The topological polar surface area (TPSA) is 29.5 Å². The summed E-state index contributed by atoms with van der Waals surface area (Å²) in [4.78, 5) is 13.1. The van der Waals surface area contributed by atoms with Crippen LogP contribution in [-0.2, 0) is 4.79 Å². The van der Waals surface area contributed by atoms with Crippen molar-refractivity contribution in [1.82, 2.24) is 0 Å². The summed E-state index contributed by atoms with van der Waals surface area (Å²) in [5.74, 6) is 0.309. The molecule has 16 heavy (non-hydrogen) atoms. The minimum atomic E-state index is -0.176. The predicted octanol–water partition coefficient (Wildman–Crippen LogP) is 2.96. The Morgan fingerprint density at radius 2 is 2.06 bits per heavy atom. The Morgan fingerprint density at radius 3 is 2.75 bits per heavy atom. The third-order valence-corrected chi connectivity index (χ3v) is 3.23. The molecule has 1 heterocycles. The Labute approximate surface area is 108 Å². The van der Waals surface area contributed by atoms with E-state index in [0.29, 0.717) is 34.6 Å². The van der Waals surface area contributed by atoms with Gasteiger partial charge in [0.15, 0.2) is 0 Å². The number of alkyl halides is 1. The first-order chi connectivity index (χ1) is 7.63. The molecule has 1 aromatic rings. The monoisotopic (exact) mass is 279 g/mol. The largest absolute Gasteiger partial charge is 0.489 e. The van der Waals surface area contributed by atoms with Gasteiger partial charge in [-0.3, -0.25) is 4.79 Å². The molecule has 0 N–H and O–H groups in total. The van der Waals surface area contributed by atoms with E-state index in [2.05, 4.69) is 0 Å². The molecule has 0 spiro atoms. The second-order valence-corrected chi connectivity index (χ2v) is 4.34. The van der Waals surface area contributed by atoms with Gasteiger partial charge in [-0.15, -0.1) is 11.6 Å². The summed E-state index contributed by atoms with van der Waals surface area (Å²) < 4.78 is 5.40. The standard InChI is InChI=1S/C10H8Cl3NO2/c11-5-10(15)14-1-2-16-9-4-7(13)6(12)3-8(9)14/h3-4H,1-2,5H2. The Bertz CT molecular complexity index is 436. The van der Waals surface area contributed by atoms with E-state index in [-0.39, 0.29) is 11.8 Å². The van der Waals surface area contributed by atoms with Gasteiger partial charge in [0.25, 0.3) is 0 Å². The van der Waals surface area contributed by atoms with Crippen molar-refractivity contribution in [1.29, 1.82) is 0 Å². The van der Waals surface area contributed by atoms with Crippen molar-refractivity contribution >= 4 is 46.4 Å². The van der Waals surface area contributed by atoms with E-state index in [9.17, 15) is 4.79 Å². The minimum Gasteiger partial charge on any atom is -0.489 e. The first-order valence-corrected chi connectivity index (χ1v) is 5.90. The van der Waals surface area contributed by atoms with Crippen LogP contribution < -0.4 is 9.64 Å². The molecule has 0 saturated heterocycles. The average molecular weight is 281 g/mol. The number of fused-ring (bicyclic) bond motifs is 1. The number of amides is 1. The number of hydrogen-bond donors (Lipinski definition) is 0. The van der Waals surface area contributed by atoms with Crippen LogP contribution in [0.2, 0.25) is 10.0 Å². The minimum absolute atomic E-state index is 0.0698. The molecule has 1 aliphatic rings. The van der Waals surface area contributed by atoms with Crippen LogP contribution in [-0.4, -0.2) is 24.9 Å². The number of hydrogen-bond acceptors (Lipinski definition) is 2. The molecule has 1 aliphatic heterocycles. The normalized spacial score (nSPS) is 14.3. The lowest BCUT2D eigenvalue weighted by atomic mass is 10.2. The second-order valence-electron chi connectivity index (χ2n) is 3.26. The smallest absolute Gasteiger partial charge is 0.242 e. The van der Waals surface area contributed by atoms with Gasteiger partial charge >= 0.3 is 0 Å². The van der Waals surface area contributed by atoms with Crippen LogP contribution in [0.1, 0.15) is 0 Å². The van der Waals surface area contributed by atoms with Crippen LogP contribution in [0.4, 0.5) is 5.69 Å². The summed E-state index contributed by atoms with van der Waals surface area (Å²) >= 11 is 17.3. The summed E-state index contributed by atoms with van der Waals surface area (Å²) in [6.45, 7) is 0.893. The lowest BCUT2D eigenvalue weighted by Gasteiger charge is -2.29. The van der Waals surface area contributed by atoms with E-state index >= 15 is 0 Å². The molecule has 0 fully saturated rings. The number of halogens is 3. The van der Waals surface area contributed by atoms with E-state index < -0.39 is 0 Å². The molecule has 1 amide bonds. The van der Waals surface area contributed by atoms with Gasteiger partial charge in [0.1, 0.15) is 18.2 Å². The number of rotatable bonds is 1. The van der Waals surface area contributed by atoms with Gasteiger partial charge in [0, 0.05) is 6.07 Å². The van der Waals surface area contributed by atoms with Crippen LogP contribution in [0.3, 0.4) is 0 Å². The molecule has 0 aliphatic carbocycles. The Kier molecular flexibility index (Phi) is 3.47. The maximum atomic E-state index is 11.6. The molecule has 1 aromatic carbocycles. The zero-order valence-electron chi connectivity index (χ0n) is 8.17. The van der Waals surface area contributed by atoms with Crippen molar-refractivity contribution in [2.75, 3.05) is 23.9 Å². The molecular weight excluding hydrogens is 272 g/mol. The van der Waals surface area contributed by atoms with E-state index in [1.165, 1.54) is 0 Å². The maximum Gasteiger partial charge on any atom is 0.242 e. The van der Waals surface area contributed by atoms with Crippen molar-refractivity contribution in [3.05, 3.63) is 22.2 Å². The number of carbonyl (C=O) groups is 1. The summed E-state index contributed by atoms with van der Waals surface area (Å²) in [6, 6.07) is 3.22. The Morgan fingerprint density at radius 1 is 1.38 bits per heavy atom. The van der Waals surface area contributed by atoms with E-state index in [0.717, 1.165) is 0 Å². The van der Waals surface area contributed by atoms with Crippen LogP contribution in [0, 0.1) is 0 Å². The van der Waals surface area contributed by atoms with Gasteiger partial charge in [0.2, 0.25) is 5.91 Å². The number of ether oxygens (including phenoxy) is 1. The van der Waals surface area contributed by atoms with Gasteiger partial charge in [-0.05, 0) is 6.07 Å². The molecule has 6 heteroatoms. The summed E-state index contributed by atoms with van der Waals surface area (Å²) in [7, 11) is 0. The molecule has 0 atom stereocenters. The van der Waals surface area contributed by atoms with Gasteiger partial charge in [-0.2, -0.15) is 0 Å². The van der Waals surface area contributed by atoms with Crippen LogP contribution >= 0.6 is 34.8 Å². The highest BCUT2D eigenvalue weighted by Crippen LogP contribution is 2.38. The third-order valence-electron chi connectivity index (χ3n) is 2.28. The molecule has 2 rings (SSSR count). The van der Waals surface area contributed by atoms with Crippen LogP contribution in [0.25, 0.3) is 0 Å². The average Bonchev–Trinajstić information content (AvgIpc) is 2.29. The molecular formula is C10H8Cl3NO2. The fourth-order valence-corrected chi connectivity index (χ4v) is 2.00. The highest BCUT2D eigenvalue weighted by molar-refractivity contribution is 6.42. The summed E-state index contributed by atoms with van der Waals surface area (Å²) in [5.41, 5.74) is 0.617. The molecule has 0 aromatic heterocycles. The van der Waals surface area contributed by atoms with E-state index in [1.54, 1.807) is 17.0 Å². The molecule has 0 bridgehead atoms. The summed E-state index contributed by atoms with van der Waals surface area (Å²) in [5, 5.41) is 0.791. The van der Waals surface area contributed by atoms with Crippen molar-refractivity contribution in [2.45, 2.75) is 0 Å². The first-order valence-electron chi connectivity index (χ1n) is 4.61.